The average Bonchev–Trinajstić information content (AvgIpc) is 2.78. The van der Waals surface area contributed by atoms with E-state index in [2.05, 4.69) is 25.8 Å². The molecule has 1 aromatic heterocycles. The normalized spacial score (nSPS) is 13.6. The molecule has 3 rings (SSSR count). The third-order valence-corrected chi connectivity index (χ3v) is 4.91. The number of aromatic nitrogens is 1. The molecule has 1 fully saturated rings. The van der Waals surface area contributed by atoms with Gasteiger partial charge in [-0.1, -0.05) is 36.4 Å². The van der Waals surface area contributed by atoms with Crippen LogP contribution in [0.25, 0.3) is 0 Å². The topological polar surface area (TPSA) is 86.4 Å². The molecule has 0 unspecified atom stereocenters. The third kappa shape index (κ3) is 7.10. The maximum atomic E-state index is 11.9. The zero-order chi connectivity index (χ0) is 20.3. The minimum absolute atomic E-state index is 0.0911. The predicted molar refractivity (Wildman–Crippen MR) is 113 cm³/mol. The fourth-order valence-electron chi connectivity index (χ4n) is 3.25. The van der Waals surface area contributed by atoms with E-state index in [1.807, 2.05) is 42.5 Å². The first-order valence-corrected chi connectivity index (χ1v) is 10.2. The molecule has 7 heteroatoms. The first kappa shape index (κ1) is 20.6. The second-order valence-corrected chi connectivity index (χ2v) is 7.19. The summed E-state index contributed by atoms with van der Waals surface area (Å²) in [6, 6.07) is 13.4. The molecule has 2 heterocycles. The van der Waals surface area contributed by atoms with Gasteiger partial charge in [0.2, 0.25) is 5.91 Å². The highest BCUT2D eigenvalue weighted by atomic mass is 16.2. The molecule has 1 aliphatic rings. The highest BCUT2D eigenvalue weighted by Gasteiger charge is 2.11. The lowest BCUT2D eigenvalue weighted by Crippen LogP contribution is -2.37. The van der Waals surface area contributed by atoms with Crippen LogP contribution in [0.3, 0.4) is 0 Å². The standard InChI is InChI=1S/C22H29N5O2/c28-21(25-15-18-7-3-1-4-8-18)11-12-23-22(29)26-17-19-9-10-20(24-16-19)27-13-5-2-6-14-27/h1,3-4,7-10,16H,2,5-6,11-15,17H2,(H,25,28)(H2,23,26,29). The van der Waals surface area contributed by atoms with Crippen molar-refractivity contribution >= 4 is 17.8 Å². The number of nitrogens with zero attached hydrogens (tertiary/aromatic N) is 2. The number of carbonyl (C=O) groups excluding carboxylic acids is 2. The number of hydrogen-bond acceptors (Lipinski definition) is 4. The van der Waals surface area contributed by atoms with Crippen LogP contribution in [0.1, 0.15) is 36.8 Å². The Morgan fingerprint density at radius 1 is 0.862 bits per heavy atom. The number of piperidine rings is 1. The van der Waals surface area contributed by atoms with Gasteiger partial charge in [0.25, 0.3) is 0 Å². The molecule has 0 aliphatic carbocycles. The largest absolute Gasteiger partial charge is 0.357 e. The Morgan fingerprint density at radius 3 is 2.34 bits per heavy atom. The van der Waals surface area contributed by atoms with E-state index in [1.54, 1.807) is 6.20 Å². The Kier molecular flexibility index (Phi) is 7.86. The summed E-state index contributed by atoms with van der Waals surface area (Å²) in [5, 5.41) is 8.34. The molecular formula is C22H29N5O2. The van der Waals surface area contributed by atoms with Crippen molar-refractivity contribution in [1.29, 1.82) is 0 Å². The van der Waals surface area contributed by atoms with Crippen molar-refractivity contribution in [2.75, 3.05) is 24.5 Å². The van der Waals surface area contributed by atoms with Gasteiger partial charge >= 0.3 is 6.03 Å². The molecule has 154 valence electrons. The molecule has 0 spiro atoms. The van der Waals surface area contributed by atoms with E-state index < -0.39 is 0 Å². The maximum Gasteiger partial charge on any atom is 0.315 e. The molecule has 1 saturated heterocycles. The number of rotatable bonds is 8. The average molecular weight is 396 g/mol. The lowest BCUT2D eigenvalue weighted by atomic mass is 10.1. The van der Waals surface area contributed by atoms with E-state index in [9.17, 15) is 9.59 Å². The smallest absolute Gasteiger partial charge is 0.315 e. The SMILES string of the molecule is O=C(CCNC(=O)NCc1ccc(N2CCCCC2)nc1)NCc1ccccc1. The second kappa shape index (κ2) is 11.0. The Hall–Kier alpha value is -3.09. The quantitative estimate of drug-likeness (QED) is 0.641. The molecule has 0 bridgehead atoms. The Balaban J connectivity index is 1.30. The van der Waals surface area contributed by atoms with Gasteiger partial charge in [0, 0.05) is 45.3 Å². The monoisotopic (exact) mass is 395 g/mol. The fourth-order valence-corrected chi connectivity index (χ4v) is 3.25. The Labute approximate surface area is 171 Å². The van der Waals surface area contributed by atoms with Gasteiger partial charge in [0.05, 0.1) is 0 Å². The fraction of sp³-hybridized carbons (Fsp3) is 0.409. The summed E-state index contributed by atoms with van der Waals surface area (Å²) < 4.78 is 0. The number of urea groups is 1. The number of amides is 3. The summed E-state index contributed by atoms with van der Waals surface area (Å²) in [4.78, 5) is 30.6. The maximum absolute atomic E-state index is 11.9. The van der Waals surface area contributed by atoms with Crippen molar-refractivity contribution < 1.29 is 9.59 Å². The number of pyridine rings is 1. The lowest BCUT2D eigenvalue weighted by molar-refractivity contribution is -0.121. The third-order valence-electron chi connectivity index (χ3n) is 4.91. The number of benzene rings is 1. The molecule has 0 radical (unpaired) electrons. The van der Waals surface area contributed by atoms with Crippen molar-refractivity contribution in [3.05, 3.63) is 59.8 Å². The van der Waals surface area contributed by atoms with Gasteiger partial charge in [0.1, 0.15) is 5.82 Å². The van der Waals surface area contributed by atoms with Gasteiger partial charge < -0.3 is 20.9 Å². The van der Waals surface area contributed by atoms with Crippen LogP contribution < -0.4 is 20.9 Å². The van der Waals surface area contributed by atoms with Gasteiger partial charge in [-0.2, -0.15) is 0 Å². The molecule has 0 saturated carbocycles. The Bertz CT molecular complexity index is 774. The van der Waals surface area contributed by atoms with Crippen LogP contribution in [0.15, 0.2) is 48.7 Å². The molecule has 3 amide bonds. The van der Waals surface area contributed by atoms with Crippen LogP contribution in [0.5, 0.6) is 0 Å². The van der Waals surface area contributed by atoms with E-state index in [0.717, 1.165) is 30.0 Å². The summed E-state index contributed by atoms with van der Waals surface area (Å²) in [6.07, 6.45) is 5.78. The summed E-state index contributed by atoms with van der Waals surface area (Å²) in [6.45, 7) is 3.31. The number of hydrogen-bond donors (Lipinski definition) is 3. The Morgan fingerprint density at radius 2 is 1.62 bits per heavy atom. The second-order valence-electron chi connectivity index (χ2n) is 7.19. The van der Waals surface area contributed by atoms with Gasteiger partial charge in [0.15, 0.2) is 0 Å². The molecule has 7 nitrogen and oxygen atoms in total. The van der Waals surface area contributed by atoms with Crippen molar-refractivity contribution in [3.8, 4) is 0 Å². The minimum atomic E-state index is -0.291. The molecule has 0 atom stereocenters. The van der Waals surface area contributed by atoms with Crippen molar-refractivity contribution in [3.63, 3.8) is 0 Å². The summed E-state index contributed by atoms with van der Waals surface area (Å²) in [7, 11) is 0. The lowest BCUT2D eigenvalue weighted by Gasteiger charge is -2.27. The van der Waals surface area contributed by atoms with Crippen molar-refractivity contribution in [2.24, 2.45) is 0 Å². The van der Waals surface area contributed by atoms with Gasteiger partial charge in [-0.3, -0.25) is 4.79 Å². The molecule has 1 aliphatic heterocycles. The van der Waals surface area contributed by atoms with Crippen LogP contribution in [0.4, 0.5) is 10.6 Å². The highest BCUT2D eigenvalue weighted by Crippen LogP contribution is 2.17. The first-order chi connectivity index (χ1) is 14.2. The highest BCUT2D eigenvalue weighted by molar-refractivity contribution is 5.78. The van der Waals surface area contributed by atoms with E-state index >= 15 is 0 Å². The molecule has 3 N–H and O–H groups in total. The summed E-state index contributed by atoms with van der Waals surface area (Å²) in [5.41, 5.74) is 1.99. The van der Waals surface area contributed by atoms with Crippen molar-refractivity contribution in [1.82, 2.24) is 20.9 Å². The molecule has 1 aromatic carbocycles. The predicted octanol–water partition coefficient (Wildman–Crippen LogP) is 2.58. The zero-order valence-electron chi connectivity index (χ0n) is 16.7. The minimum Gasteiger partial charge on any atom is -0.357 e. The van der Waals surface area contributed by atoms with Crippen LogP contribution >= 0.6 is 0 Å². The summed E-state index contributed by atoms with van der Waals surface area (Å²) >= 11 is 0. The van der Waals surface area contributed by atoms with E-state index in [-0.39, 0.29) is 18.4 Å². The van der Waals surface area contributed by atoms with E-state index in [0.29, 0.717) is 19.6 Å². The first-order valence-electron chi connectivity index (χ1n) is 10.2. The van der Waals surface area contributed by atoms with Gasteiger partial charge in [-0.05, 0) is 36.5 Å². The number of carbonyl (C=O) groups is 2. The zero-order valence-corrected chi connectivity index (χ0v) is 16.7. The van der Waals surface area contributed by atoms with Crippen LogP contribution in [-0.2, 0) is 17.9 Å². The van der Waals surface area contributed by atoms with Gasteiger partial charge in [-0.25, -0.2) is 9.78 Å². The van der Waals surface area contributed by atoms with Gasteiger partial charge in [-0.15, -0.1) is 0 Å². The van der Waals surface area contributed by atoms with Crippen LogP contribution in [-0.4, -0.2) is 36.6 Å². The van der Waals surface area contributed by atoms with Crippen LogP contribution in [0.2, 0.25) is 0 Å². The van der Waals surface area contributed by atoms with E-state index in [1.165, 1.54) is 19.3 Å². The molecular weight excluding hydrogens is 366 g/mol. The summed E-state index contributed by atoms with van der Waals surface area (Å²) in [5.74, 6) is 0.908. The number of anilines is 1. The molecule has 29 heavy (non-hydrogen) atoms. The van der Waals surface area contributed by atoms with E-state index in [4.69, 9.17) is 0 Å². The molecule has 2 aromatic rings. The van der Waals surface area contributed by atoms with Crippen molar-refractivity contribution in [2.45, 2.75) is 38.8 Å². The number of nitrogens with one attached hydrogen (secondary N) is 3. The van der Waals surface area contributed by atoms with Crippen LogP contribution in [0, 0.1) is 0 Å².